The molecular weight excluding hydrogens is 326 g/mol. The largest absolute Gasteiger partial charge is 0.374 e. The minimum Gasteiger partial charge on any atom is -0.374 e. The van der Waals surface area contributed by atoms with Crippen LogP contribution in [-0.2, 0) is 20.7 Å². The second-order valence-electron chi connectivity index (χ2n) is 6.80. The molecule has 2 saturated heterocycles. The molecule has 0 aromatic carbocycles. The van der Waals surface area contributed by atoms with Crippen LogP contribution in [0.15, 0.2) is 5.38 Å². The van der Waals surface area contributed by atoms with Gasteiger partial charge in [-0.1, -0.05) is 12.8 Å². The van der Waals surface area contributed by atoms with Gasteiger partial charge in [-0.05, 0) is 19.3 Å². The highest BCUT2D eigenvalue weighted by Crippen LogP contribution is 2.30. The molecule has 4 rings (SSSR count). The van der Waals surface area contributed by atoms with Gasteiger partial charge in [0.05, 0.1) is 30.9 Å². The summed E-state index contributed by atoms with van der Waals surface area (Å²) in [5, 5.41) is 2.65. The van der Waals surface area contributed by atoms with Crippen molar-refractivity contribution < 1.29 is 14.3 Å². The molecule has 3 heterocycles. The molecule has 0 spiro atoms. The maximum Gasteiger partial charge on any atom is 0.229 e. The lowest BCUT2D eigenvalue weighted by molar-refractivity contribution is -0.148. The summed E-state index contributed by atoms with van der Waals surface area (Å²) in [6.45, 7) is 2.06. The number of carbonyl (C=O) groups is 2. The van der Waals surface area contributed by atoms with Crippen molar-refractivity contribution >= 4 is 28.3 Å². The zero-order valence-corrected chi connectivity index (χ0v) is 14.6. The summed E-state index contributed by atoms with van der Waals surface area (Å²) >= 11 is 1.46. The van der Waals surface area contributed by atoms with Crippen LogP contribution in [0.25, 0.3) is 0 Å². The van der Waals surface area contributed by atoms with E-state index in [0.717, 1.165) is 36.6 Å². The summed E-state index contributed by atoms with van der Waals surface area (Å²) in [4.78, 5) is 32.9. The molecule has 0 radical (unpaired) electrons. The lowest BCUT2D eigenvalue weighted by Gasteiger charge is -2.43. The summed E-state index contributed by atoms with van der Waals surface area (Å²) in [5.41, 5.74) is 0.776. The first-order valence-corrected chi connectivity index (χ1v) is 9.76. The minimum absolute atomic E-state index is 0.139. The van der Waals surface area contributed by atoms with Crippen molar-refractivity contribution in [3.05, 3.63) is 11.1 Å². The highest BCUT2D eigenvalue weighted by atomic mass is 32.1. The number of nitrogens with zero attached hydrogens (tertiary/aromatic N) is 3. The van der Waals surface area contributed by atoms with Gasteiger partial charge in [0.15, 0.2) is 5.13 Å². The number of aromatic nitrogens is 1. The van der Waals surface area contributed by atoms with Crippen molar-refractivity contribution in [3.63, 3.8) is 0 Å². The lowest BCUT2D eigenvalue weighted by atomic mass is 9.90. The Hall–Kier alpha value is -1.47. The second-order valence-corrected chi connectivity index (χ2v) is 7.63. The average molecular weight is 349 g/mol. The molecule has 1 aliphatic carbocycles. The topological polar surface area (TPSA) is 62.7 Å². The molecule has 3 fully saturated rings. The lowest BCUT2D eigenvalue weighted by Crippen LogP contribution is -2.55. The molecule has 2 aliphatic heterocycles. The van der Waals surface area contributed by atoms with Gasteiger partial charge in [0.25, 0.3) is 0 Å². The van der Waals surface area contributed by atoms with Crippen LogP contribution < -0.4 is 4.90 Å². The summed E-state index contributed by atoms with van der Waals surface area (Å²) in [7, 11) is 0. The molecular formula is C17H23N3O3S. The fourth-order valence-corrected chi connectivity index (χ4v) is 4.88. The van der Waals surface area contributed by atoms with Gasteiger partial charge in [0, 0.05) is 24.9 Å². The van der Waals surface area contributed by atoms with E-state index in [0.29, 0.717) is 26.0 Å². The zero-order valence-electron chi connectivity index (χ0n) is 13.8. The minimum atomic E-state index is 0.139. The quantitative estimate of drug-likeness (QED) is 0.837. The molecule has 2 atom stereocenters. The molecule has 0 N–H and O–H groups in total. The average Bonchev–Trinajstić information content (AvgIpc) is 3.23. The van der Waals surface area contributed by atoms with Crippen LogP contribution in [0.4, 0.5) is 5.13 Å². The van der Waals surface area contributed by atoms with Crippen molar-refractivity contribution in [2.75, 3.05) is 24.6 Å². The van der Waals surface area contributed by atoms with Gasteiger partial charge >= 0.3 is 0 Å². The van der Waals surface area contributed by atoms with Crippen LogP contribution in [0.1, 0.15) is 44.2 Å². The van der Waals surface area contributed by atoms with Gasteiger partial charge < -0.3 is 9.64 Å². The Morgan fingerprint density at radius 1 is 1.29 bits per heavy atom. The Kier molecular flexibility index (Phi) is 4.54. The first-order valence-electron chi connectivity index (χ1n) is 8.88. The van der Waals surface area contributed by atoms with Gasteiger partial charge in [-0.25, -0.2) is 4.98 Å². The molecule has 1 saturated carbocycles. The van der Waals surface area contributed by atoms with Crippen molar-refractivity contribution in [2.45, 2.75) is 57.1 Å². The highest BCUT2D eigenvalue weighted by molar-refractivity contribution is 7.14. The van der Waals surface area contributed by atoms with E-state index in [1.807, 2.05) is 10.3 Å². The predicted molar refractivity (Wildman–Crippen MR) is 91.1 cm³/mol. The second kappa shape index (κ2) is 6.80. The molecule has 0 bridgehead atoms. The normalized spacial score (nSPS) is 27.4. The monoisotopic (exact) mass is 349 g/mol. The van der Waals surface area contributed by atoms with Crippen LogP contribution in [0.3, 0.4) is 0 Å². The number of anilines is 1. The molecule has 130 valence electrons. The first kappa shape index (κ1) is 16.0. The van der Waals surface area contributed by atoms with Crippen LogP contribution >= 0.6 is 11.3 Å². The van der Waals surface area contributed by atoms with Crippen molar-refractivity contribution in [1.82, 2.24) is 9.88 Å². The van der Waals surface area contributed by atoms with Gasteiger partial charge in [-0.3, -0.25) is 14.5 Å². The van der Waals surface area contributed by atoms with E-state index in [2.05, 4.69) is 4.98 Å². The zero-order chi connectivity index (χ0) is 16.5. The Morgan fingerprint density at radius 3 is 3.00 bits per heavy atom. The molecule has 6 nitrogen and oxygen atoms in total. The summed E-state index contributed by atoms with van der Waals surface area (Å²) in [5.74, 6) is 0.278. The molecule has 0 unspecified atom stereocenters. The summed E-state index contributed by atoms with van der Waals surface area (Å²) < 4.78 is 5.84. The number of amides is 2. The van der Waals surface area contributed by atoms with Crippen molar-refractivity contribution in [1.29, 1.82) is 0 Å². The van der Waals surface area contributed by atoms with E-state index < -0.39 is 0 Å². The molecule has 2 amide bonds. The third-order valence-corrected chi connectivity index (χ3v) is 6.14. The molecule has 3 aliphatic rings. The number of morpholine rings is 1. The number of hydrogen-bond donors (Lipinski definition) is 0. The van der Waals surface area contributed by atoms with Crippen LogP contribution in [0.5, 0.6) is 0 Å². The predicted octanol–water partition coefficient (Wildman–Crippen LogP) is 1.98. The van der Waals surface area contributed by atoms with E-state index in [-0.39, 0.29) is 24.0 Å². The number of carbonyl (C=O) groups excluding carboxylic acids is 2. The summed E-state index contributed by atoms with van der Waals surface area (Å²) in [6, 6.07) is 0.235. The van der Waals surface area contributed by atoms with E-state index >= 15 is 0 Å². The fraction of sp³-hybridized carbons (Fsp3) is 0.706. The van der Waals surface area contributed by atoms with Gasteiger partial charge in [-0.15, -0.1) is 11.3 Å². The number of ether oxygens (including phenoxy) is 1. The van der Waals surface area contributed by atoms with Crippen LogP contribution in [0, 0.1) is 0 Å². The summed E-state index contributed by atoms with van der Waals surface area (Å²) in [6.07, 6.45) is 6.50. The third-order valence-electron chi connectivity index (χ3n) is 5.23. The standard InChI is InChI=1S/C17H23N3O3S/c21-15-6-3-7-20(15)17-18-12(11-24-17)10-16(22)19-8-9-23-14-5-2-1-4-13(14)19/h11,13-14H,1-10H2/t13-,14-/m1/s1. The Morgan fingerprint density at radius 2 is 2.17 bits per heavy atom. The fourth-order valence-electron chi connectivity index (χ4n) is 4.01. The number of fused-ring (bicyclic) bond motifs is 1. The molecule has 7 heteroatoms. The van der Waals surface area contributed by atoms with E-state index in [4.69, 9.17) is 4.74 Å². The molecule has 1 aromatic heterocycles. The van der Waals surface area contributed by atoms with E-state index in [1.165, 1.54) is 24.2 Å². The SMILES string of the molecule is O=C1CCCN1c1nc(CC(=O)N2CCO[C@@H]3CCCC[C@H]32)cs1. The first-order chi connectivity index (χ1) is 11.7. The highest BCUT2D eigenvalue weighted by Gasteiger charge is 2.36. The van der Waals surface area contributed by atoms with E-state index in [1.54, 1.807) is 4.90 Å². The number of rotatable bonds is 3. The smallest absolute Gasteiger partial charge is 0.229 e. The number of hydrogen-bond acceptors (Lipinski definition) is 5. The van der Waals surface area contributed by atoms with Crippen LogP contribution in [0.2, 0.25) is 0 Å². The molecule has 24 heavy (non-hydrogen) atoms. The van der Waals surface area contributed by atoms with Crippen molar-refractivity contribution in [3.8, 4) is 0 Å². The maximum absolute atomic E-state index is 12.8. The van der Waals surface area contributed by atoms with Gasteiger partial charge in [0.2, 0.25) is 11.8 Å². The Bertz CT molecular complexity index is 630. The van der Waals surface area contributed by atoms with Crippen molar-refractivity contribution in [2.24, 2.45) is 0 Å². The van der Waals surface area contributed by atoms with E-state index in [9.17, 15) is 9.59 Å². The third kappa shape index (κ3) is 3.07. The maximum atomic E-state index is 12.8. The van der Waals surface area contributed by atoms with Gasteiger partial charge in [-0.2, -0.15) is 0 Å². The Labute approximate surface area is 145 Å². The molecule has 1 aromatic rings. The number of thiazole rings is 1. The Balaban J connectivity index is 1.42. The van der Waals surface area contributed by atoms with Crippen LogP contribution in [-0.4, -0.2) is 53.5 Å². The van der Waals surface area contributed by atoms with Gasteiger partial charge in [0.1, 0.15) is 0 Å².